The van der Waals surface area contributed by atoms with Crippen molar-refractivity contribution in [3.8, 4) is 0 Å². The van der Waals surface area contributed by atoms with Crippen LogP contribution in [0.1, 0.15) is 14.8 Å². The van der Waals surface area contributed by atoms with Gasteiger partial charge in [-0.05, 0) is 19.2 Å². The number of carbonyl (C=O) groups is 1. The summed E-state index contributed by atoms with van der Waals surface area (Å²) in [7, 11) is 1.88. The third-order valence-corrected chi connectivity index (χ3v) is 3.49. The van der Waals surface area contributed by atoms with Crippen molar-refractivity contribution in [3.63, 3.8) is 0 Å². The van der Waals surface area contributed by atoms with E-state index >= 15 is 0 Å². The molecule has 0 aliphatic carbocycles. The lowest BCUT2D eigenvalue weighted by Gasteiger charge is -2.11. The fourth-order valence-electron chi connectivity index (χ4n) is 1.60. The van der Waals surface area contributed by atoms with Crippen molar-refractivity contribution in [2.45, 2.75) is 6.54 Å². The molecular weight excluding hydrogens is 276 g/mol. The van der Waals surface area contributed by atoms with Gasteiger partial charge in [-0.15, -0.1) is 10.2 Å². The Bertz CT molecular complexity index is 559. The highest BCUT2D eigenvalue weighted by molar-refractivity contribution is 7.13. The molecule has 0 saturated heterocycles. The highest BCUT2D eigenvalue weighted by atomic mass is 32.1. The molecule has 0 aliphatic rings. The lowest BCUT2D eigenvalue weighted by Crippen LogP contribution is -2.21. The molecule has 0 fully saturated rings. The number of aliphatic hydroxyl groups is 1. The number of aromatic nitrogens is 2. The van der Waals surface area contributed by atoms with E-state index in [1.54, 1.807) is 0 Å². The predicted molar refractivity (Wildman–Crippen MR) is 77.7 cm³/mol. The molecule has 0 atom stereocenters. The van der Waals surface area contributed by atoms with E-state index < -0.39 is 0 Å². The van der Waals surface area contributed by atoms with Gasteiger partial charge in [0, 0.05) is 12.2 Å². The van der Waals surface area contributed by atoms with E-state index in [9.17, 15) is 4.79 Å². The maximum absolute atomic E-state index is 12.0. The van der Waals surface area contributed by atoms with E-state index in [2.05, 4.69) is 15.5 Å². The molecule has 2 N–H and O–H groups in total. The van der Waals surface area contributed by atoms with Gasteiger partial charge in [0.25, 0.3) is 5.91 Å². The quantitative estimate of drug-likeness (QED) is 0.837. The minimum atomic E-state index is -0.259. The summed E-state index contributed by atoms with van der Waals surface area (Å²) < 4.78 is 0. The van der Waals surface area contributed by atoms with Crippen molar-refractivity contribution in [1.29, 1.82) is 0 Å². The Morgan fingerprint density at radius 1 is 1.35 bits per heavy atom. The van der Waals surface area contributed by atoms with Crippen molar-refractivity contribution in [2.24, 2.45) is 0 Å². The van der Waals surface area contributed by atoms with Gasteiger partial charge in [0.15, 0.2) is 0 Å². The number of nitrogens with one attached hydrogen (secondary N) is 1. The second-order valence-corrected chi connectivity index (χ2v) is 5.34. The highest BCUT2D eigenvalue weighted by Crippen LogP contribution is 2.14. The molecule has 1 amide bonds. The fraction of sp³-hybridized carbons (Fsp3) is 0.308. The van der Waals surface area contributed by atoms with Crippen molar-refractivity contribution in [3.05, 3.63) is 40.3 Å². The van der Waals surface area contributed by atoms with Crippen LogP contribution in [0.2, 0.25) is 0 Å². The molecule has 0 saturated carbocycles. The zero-order chi connectivity index (χ0) is 14.4. The van der Waals surface area contributed by atoms with E-state index in [-0.39, 0.29) is 12.5 Å². The largest absolute Gasteiger partial charge is 0.395 e. The molecule has 0 spiro atoms. The summed E-state index contributed by atoms with van der Waals surface area (Å²) in [5.74, 6) is -0.259. The van der Waals surface area contributed by atoms with E-state index in [1.807, 2.05) is 42.3 Å². The van der Waals surface area contributed by atoms with E-state index in [1.165, 1.54) is 11.3 Å². The van der Waals surface area contributed by atoms with Crippen LogP contribution < -0.4 is 5.32 Å². The second kappa shape index (κ2) is 7.09. The number of para-hydroxylation sites is 1. The standard InChI is InChI=1S/C13H16N4O2S/c1-17(7-8-18)9-11-15-16-13(20-11)12(19)14-10-5-3-2-4-6-10/h2-6,18H,7-9H2,1H3,(H,14,19). The summed E-state index contributed by atoms with van der Waals surface area (Å²) in [5, 5.41) is 20.6. The molecule has 7 heteroatoms. The van der Waals surface area contributed by atoms with Gasteiger partial charge >= 0.3 is 0 Å². The molecule has 0 unspecified atom stereocenters. The number of hydrogen-bond acceptors (Lipinski definition) is 6. The van der Waals surface area contributed by atoms with Crippen LogP contribution in [-0.4, -0.2) is 46.3 Å². The number of hydrogen-bond donors (Lipinski definition) is 2. The summed E-state index contributed by atoms with van der Waals surface area (Å²) >= 11 is 1.26. The summed E-state index contributed by atoms with van der Waals surface area (Å²) in [5.41, 5.74) is 0.728. The zero-order valence-corrected chi connectivity index (χ0v) is 11.9. The SMILES string of the molecule is CN(CCO)Cc1nnc(C(=O)Nc2ccccc2)s1. The predicted octanol–water partition coefficient (Wildman–Crippen LogP) is 1.21. The van der Waals surface area contributed by atoms with E-state index in [4.69, 9.17) is 5.11 Å². The molecule has 2 aromatic rings. The molecule has 0 aliphatic heterocycles. The molecule has 6 nitrogen and oxygen atoms in total. The maximum atomic E-state index is 12.0. The average Bonchev–Trinajstić information content (AvgIpc) is 2.88. The maximum Gasteiger partial charge on any atom is 0.286 e. The molecule has 2 rings (SSSR count). The monoisotopic (exact) mass is 292 g/mol. The Kier molecular flexibility index (Phi) is 5.16. The van der Waals surface area contributed by atoms with Gasteiger partial charge in [-0.25, -0.2) is 0 Å². The van der Waals surface area contributed by atoms with Crippen LogP contribution in [0.5, 0.6) is 0 Å². The van der Waals surface area contributed by atoms with Gasteiger partial charge in [0.1, 0.15) is 5.01 Å². The van der Waals surface area contributed by atoms with Crippen LogP contribution in [0.4, 0.5) is 5.69 Å². The minimum Gasteiger partial charge on any atom is -0.395 e. The van der Waals surface area contributed by atoms with Crippen molar-refractivity contribution in [1.82, 2.24) is 15.1 Å². The van der Waals surface area contributed by atoms with Crippen LogP contribution in [0.25, 0.3) is 0 Å². The Balaban J connectivity index is 1.96. The Morgan fingerprint density at radius 3 is 2.80 bits per heavy atom. The zero-order valence-electron chi connectivity index (χ0n) is 11.1. The molecule has 0 radical (unpaired) electrons. The molecule has 1 aromatic carbocycles. The van der Waals surface area contributed by atoms with Gasteiger partial charge in [-0.3, -0.25) is 9.69 Å². The fourth-order valence-corrected chi connectivity index (χ4v) is 2.41. The first kappa shape index (κ1) is 14.6. The van der Waals surface area contributed by atoms with Crippen LogP contribution in [-0.2, 0) is 6.54 Å². The molecule has 1 heterocycles. The number of benzene rings is 1. The first-order chi connectivity index (χ1) is 9.69. The number of anilines is 1. The topological polar surface area (TPSA) is 78.3 Å². The van der Waals surface area contributed by atoms with E-state index in [0.29, 0.717) is 18.1 Å². The first-order valence-corrected chi connectivity index (χ1v) is 6.99. The van der Waals surface area contributed by atoms with Crippen molar-refractivity contribution in [2.75, 3.05) is 25.5 Å². The Hall–Kier alpha value is -1.83. The summed E-state index contributed by atoms with van der Waals surface area (Å²) in [6.07, 6.45) is 0. The normalized spacial score (nSPS) is 10.8. The first-order valence-electron chi connectivity index (χ1n) is 6.17. The van der Waals surface area contributed by atoms with Gasteiger partial charge in [-0.1, -0.05) is 29.5 Å². The average molecular weight is 292 g/mol. The Morgan fingerprint density at radius 2 is 2.10 bits per heavy atom. The van der Waals surface area contributed by atoms with Crippen LogP contribution >= 0.6 is 11.3 Å². The van der Waals surface area contributed by atoms with Gasteiger partial charge in [0.05, 0.1) is 13.2 Å². The van der Waals surface area contributed by atoms with E-state index in [0.717, 1.165) is 10.7 Å². The van der Waals surface area contributed by atoms with Gasteiger partial charge in [-0.2, -0.15) is 0 Å². The second-order valence-electron chi connectivity index (χ2n) is 4.28. The summed E-state index contributed by atoms with van der Waals surface area (Å²) in [6, 6.07) is 9.22. The van der Waals surface area contributed by atoms with Crippen molar-refractivity contribution >= 4 is 22.9 Å². The smallest absolute Gasteiger partial charge is 0.286 e. The highest BCUT2D eigenvalue weighted by Gasteiger charge is 2.13. The molecule has 1 aromatic heterocycles. The van der Waals surface area contributed by atoms with Gasteiger partial charge in [0.2, 0.25) is 5.01 Å². The molecule has 106 valence electrons. The Labute approximate surface area is 121 Å². The van der Waals surface area contributed by atoms with Crippen molar-refractivity contribution < 1.29 is 9.90 Å². The lowest BCUT2D eigenvalue weighted by atomic mass is 10.3. The number of rotatable bonds is 6. The minimum absolute atomic E-state index is 0.0939. The lowest BCUT2D eigenvalue weighted by molar-refractivity contribution is 0.102. The molecule has 0 bridgehead atoms. The molecular formula is C13H16N4O2S. The molecule has 20 heavy (non-hydrogen) atoms. The third kappa shape index (κ3) is 4.09. The number of carbonyl (C=O) groups excluding carboxylic acids is 1. The summed E-state index contributed by atoms with van der Waals surface area (Å²) in [4.78, 5) is 13.9. The van der Waals surface area contributed by atoms with Crippen LogP contribution in [0, 0.1) is 0 Å². The summed E-state index contributed by atoms with van der Waals surface area (Å²) in [6.45, 7) is 1.22. The van der Waals surface area contributed by atoms with Crippen LogP contribution in [0.3, 0.4) is 0 Å². The van der Waals surface area contributed by atoms with Crippen LogP contribution in [0.15, 0.2) is 30.3 Å². The number of nitrogens with zero attached hydrogens (tertiary/aromatic N) is 3. The third-order valence-electron chi connectivity index (χ3n) is 2.58. The number of aliphatic hydroxyl groups excluding tert-OH is 1. The number of amides is 1. The number of likely N-dealkylation sites (N-methyl/N-ethyl adjacent to an activating group) is 1. The van der Waals surface area contributed by atoms with Gasteiger partial charge < -0.3 is 10.4 Å².